The van der Waals surface area contributed by atoms with Gasteiger partial charge in [-0.2, -0.15) is 0 Å². The fourth-order valence-electron chi connectivity index (χ4n) is 2.14. The van der Waals surface area contributed by atoms with Crippen LogP contribution in [0.25, 0.3) is 0 Å². The number of aryl methyl sites for hydroxylation is 1. The molecule has 1 atom stereocenters. The number of pyridine rings is 1. The summed E-state index contributed by atoms with van der Waals surface area (Å²) in [4.78, 5) is 4.55. The molecule has 0 amide bonds. The molecule has 0 aliphatic heterocycles. The van der Waals surface area contributed by atoms with Crippen molar-refractivity contribution in [3.8, 4) is 0 Å². The van der Waals surface area contributed by atoms with Crippen molar-refractivity contribution >= 4 is 0 Å². The third kappa shape index (κ3) is 6.69. The van der Waals surface area contributed by atoms with E-state index in [-0.39, 0.29) is 0 Å². The van der Waals surface area contributed by atoms with E-state index >= 15 is 0 Å². The molecular weight excluding hydrogens is 236 g/mol. The SMILES string of the molecule is CCCNC(CCCOC)Cc1ccc(CC)cn1. The van der Waals surface area contributed by atoms with Crippen LogP contribution in [0.15, 0.2) is 18.3 Å². The number of nitrogens with one attached hydrogen (secondary N) is 1. The molecule has 0 aliphatic rings. The van der Waals surface area contributed by atoms with Crippen LogP contribution >= 0.6 is 0 Å². The molecule has 1 heterocycles. The normalized spacial score (nSPS) is 12.6. The molecule has 0 bridgehead atoms. The monoisotopic (exact) mass is 264 g/mol. The Bertz CT molecular complexity index is 324. The zero-order valence-electron chi connectivity index (χ0n) is 12.6. The number of ether oxygens (including phenoxy) is 1. The van der Waals surface area contributed by atoms with Gasteiger partial charge in [0, 0.05) is 38.1 Å². The zero-order valence-corrected chi connectivity index (χ0v) is 12.6. The highest BCUT2D eigenvalue weighted by Gasteiger charge is 2.09. The Morgan fingerprint density at radius 1 is 1.32 bits per heavy atom. The van der Waals surface area contributed by atoms with Gasteiger partial charge in [-0.25, -0.2) is 0 Å². The van der Waals surface area contributed by atoms with Gasteiger partial charge in [-0.05, 0) is 43.9 Å². The first-order valence-electron chi connectivity index (χ1n) is 7.46. The number of hydrogen-bond acceptors (Lipinski definition) is 3. The van der Waals surface area contributed by atoms with E-state index < -0.39 is 0 Å². The maximum absolute atomic E-state index is 5.13. The van der Waals surface area contributed by atoms with Crippen LogP contribution in [-0.2, 0) is 17.6 Å². The maximum Gasteiger partial charge on any atom is 0.0462 e. The molecule has 0 radical (unpaired) electrons. The molecule has 3 nitrogen and oxygen atoms in total. The summed E-state index contributed by atoms with van der Waals surface area (Å²) in [7, 11) is 1.76. The molecule has 3 heteroatoms. The molecule has 108 valence electrons. The largest absolute Gasteiger partial charge is 0.385 e. The number of hydrogen-bond donors (Lipinski definition) is 1. The van der Waals surface area contributed by atoms with E-state index in [1.807, 2.05) is 6.20 Å². The lowest BCUT2D eigenvalue weighted by Gasteiger charge is -2.18. The third-order valence-corrected chi connectivity index (χ3v) is 3.33. The fraction of sp³-hybridized carbons (Fsp3) is 0.688. The molecule has 0 saturated carbocycles. The van der Waals surface area contributed by atoms with Crippen LogP contribution in [0.2, 0.25) is 0 Å². The Morgan fingerprint density at radius 3 is 2.74 bits per heavy atom. The van der Waals surface area contributed by atoms with Crippen molar-refractivity contribution in [3.05, 3.63) is 29.6 Å². The number of methoxy groups -OCH3 is 1. The summed E-state index contributed by atoms with van der Waals surface area (Å²) >= 11 is 0. The van der Waals surface area contributed by atoms with Gasteiger partial charge in [0.25, 0.3) is 0 Å². The smallest absolute Gasteiger partial charge is 0.0462 e. The van der Waals surface area contributed by atoms with E-state index in [0.29, 0.717) is 6.04 Å². The maximum atomic E-state index is 5.13. The molecule has 1 N–H and O–H groups in total. The molecule has 0 aliphatic carbocycles. The number of rotatable bonds is 10. The Kier molecular flexibility index (Phi) is 8.43. The summed E-state index contributed by atoms with van der Waals surface area (Å²) in [6, 6.07) is 4.86. The minimum Gasteiger partial charge on any atom is -0.385 e. The van der Waals surface area contributed by atoms with E-state index in [2.05, 4.69) is 36.3 Å². The summed E-state index contributed by atoms with van der Waals surface area (Å²) in [6.45, 7) is 6.28. The molecule has 19 heavy (non-hydrogen) atoms. The molecule has 0 aromatic carbocycles. The minimum absolute atomic E-state index is 0.509. The van der Waals surface area contributed by atoms with Crippen molar-refractivity contribution in [2.45, 2.75) is 52.0 Å². The highest BCUT2D eigenvalue weighted by atomic mass is 16.5. The second-order valence-electron chi connectivity index (χ2n) is 5.00. The standard InChI is InChI=1S/C16H28N2O/c1-4-10-17-15(7-6-11-19-3)12-16-9-8-14(5-2)13-18-16/h8-9,13,15,17H,4-7,10-12H2,1-3H3. The van der Waals surface area contributed by atoms with Gasteiger partial charge in [0.15, 0.2) is 0 Å². The van der Waals surface area contributed by atoms with Crippen molar-refractivity contribution in [3.63, 3.8) is 0 Å². The lowest BCUT2D eigenvalue weighted by Crippen LogP contribution is -2.32. The van der Waals surface area contributed by atoms with Crippen molar-refractivity contribution in [1.29, 1.82) is 0 Å². The van der Waals surface area contributed by atoms with Gasteiger partial charge in [0.2, 0.25) is 0 Å². The predicted molar refractivity (Wildman–Crippen MR) is 80.5 cm³/mol. The van der Waals surface area contributed by atoms with Crippen LogP contribution in [0.3, 0.4) is 0 Å². The molecule has 1 aromatic heterocycles. The Morgan fingerprint density at radius 2 is 2.16 bits per heavy atom. The van der Waals surface area contributed by atoms with Gasteiger partial charge in [-0.1, -0.05) is 19.9 Å². The average molecular weight is 264 g/mol. The molecule has 1 rings (SSSR count). The summed E-state index contributed by atoms with van der Waals surface area (Å²) in [5.41, 5.74) is 2.49. The van der Waals surface area contributed by atoms with E-state index in [1.54, 1.807) is 7.11 Å². The lowest BCUT2D eigenvalue weighted by atomic mass is 10.0. The summed E-state index contributed by atoms with van der Waals surface area (Å²) < 4.78 is 5.13. The zero-order chi connectivity index (χ0) is 13.9. The van der Waals surface area contributed by atoms with Crippen molar-refractivity contribution in [2.75, 3.05) is 20.3 Å². The molecule has 1 unspecified atom stereocenters. The molecule has 0 fully saturated rings. The van der Waals surface area contributed by atoms with Gasteiger partial charge in [-0.3, -0.25) is 4.98 Å². The second kappa shape index (κ2) is 9.93. The minimum atomic E-state index is 0.509. The van der Waals surface area contributed by atoms with Gasteiger partial charge in [0.1, 0.15) is 0 Å². The average Bonchev–Trinajstić information content (AvgIpc) is 2.45. The second-order valence-corrected chi connectivity index (χ2v) is 5.00. The van der Waals surface area contributed by atoms with Crippen molar-refractivity contribution < 1.29 is 4.74 Å². The first kappa shape index (κ1) is 16.1. The Hall–Kier alpha value is -0.930. The fourth-order valence-corrected chi connectivity index (χ4v) is 2.14. The van der Waals surface area contributed by atoms with Gasteiger partial charge in [-0.15, -0.1) is 0 Å². The highest BCUT2D eigenvalue weighted by molar-refractivity contribution is 5.14. The van der Waals surface area contributed by atoms with E-state index in [0.717, 1.165) is 38.8 Å². The highest BCUT2D eigenvalue weighted by Crippen LogP contribution is 2.08. The van der Waals surface area contributed by atoms with E-state index in [4.69, 9.17) is 4.74 Å². The van der Waals surface area contributed by atoms with Gasteiger partial charge >= 0.3 is 0 Å². The van der Waals surface area contributed by atoms with Gasteiger partial charge in [0.05, 0.1) is 0 Å². The van der Waals surface area contributed by atoms with E-state index in [1.165, 1.54) is 17.7 Å². The van der Waals surface area contributed by atoms with Crippen LogP contribution in [0.4, 0.5) is 0 Å². The predicted octanol–water partition coefficient (Wildman–Crippen LogP) is 2.98. The number of nitrogens with zero attached hydrogens (tertiary/aromatic N) is 1. The molecular formula is C16H28N2O. The van der Waals surface area contributed by atoms with Crippen molar-refractivity contribution in [2.24, 2.45) is 0 Å². The van der Waals surface area contributed by atoms with Crippen molar-refractivity contribution in [1.82, 2.24) is 10.3 Å². The quantitative estimate of drug-likeness (QED) is 0.660. The number of aromatic nitrogens is 1. The van der Waals surface area contributed by atoms with Crippen LogP contribution < -0.4 is 5.32 Å². The van der Waals surface area contributed by atoms with E-state index in [9.17, 15) is 0 Å². The van der Waals surface area contributed by atoms with Crippen LogP contribution in [0.1, 0.15) is 44.4 Å². The van der Waals surface area contributed by atoms with Crippen LogP contribution in [0, 0.1) is 0 Å². The molecule has 0 spiro atoms. The summed E-state index contributed by atoms with van der Waals surface area (Å²) in [5.74, 6) is 0. The Labute approximate surface area is 117 Å². The Balaban J connectivity index is 2.48. The first-order valence-corrected chi connectivity index (χ1v) is 7.46. The lowest BCUT2D eigenvalue weighted by molar-refractivity contribution is 0.188. The summed E-state index contributed by atoms with van der Waals surface area (Å²) in [5, 5.41) is 3.61. The topological polar surface area (TPSA) is 34.1 Å². The third-order valence-electron chi connectivity index (χ3n) is 3.33. The molecule has 0 saturated heterocycles. The molecule has 1 aromatic rings. The summed E-state index contributed by atoms with van der Waals surface area (Å²) in [6.07, 6.45) is 7.48. The van der Waals surface area contributed by atoms with Crippen LogP contribution in [-0.4, -0.2) is 31.3 Å². The van der Waals surface area contributed by atoms with Crippen LogP contribution in [0.5, 0.6) is 0 Å². The first-order chi connectivity index (χ1) is 9.30. The van der Waals surface area contributed by atoms with Gasteiger partial charge < -0.3 is 10.1 Å².